The Balaban J connectivity index is 1.89. The summed E-state index contributed by atoms with van der Waals surface area (Å²) in [7, 11) is -1.92. The highest BCUT2D eigenvalue weighted by atomic mass is 35.5. The van der Waals surface area contributed by atoms with Crippen LogP contribution in [0, 0.1) is 5.92 Å². The first-order valence-electron chi connectivity index (χ1n) is 6.67. The van der Waals surface area contributed by atoms with E-state index in [9.17, 15) is 8.42 Å². The number of halogens is 1. The van der Waals surface area contributed by atoms with E-state index < -0.39 is 10.0 Å². The van der Waals surface area contributed by atoms with Crippen molar-refractivity contribution in [2.45, 2.75) is 43.6 Å². The fourth-order valence-electron chi connectivity index (χ4n) is 2.52. The van der Waals surface area contributed by atoms with Crippen LogP contribution in [-0.2, 0) is 17.1 Å². The molecular weight excluding hydrogens is 286 g/mol. The van der Waals surface area contributed by atoms with Crippen LogP contribution in [0.2, 0.25) is 5.15 Å². The molecule has 0 atom stereocenters. The molecule has 0 aromatic carbocycles. The zero-order valence-corrected chi connectivity index (χ0v) is 12.7. The van der Waals surface area contributed by atoms with Gasteiger partial charge in [0.25, 0.3) is 10.0 Å². The lowest BCUT2D eigenvalue weighted by Gasteiger charge is -2.21. The summed E-state index contributed by atoms with van der Waals surface area (Å²) in [5.74, 6) is 0.649. The lowest BCUT2D eigenvalue weighted by Crippen LogP contribution is -2.27. The van der Waals surface area contributed by atoms with Crippen LogP contribution in [0.4, 0.5) is 0 Å². The van der Waals surface area contributed by atoms with E-state index in [2.05, 4.69) is 9.71 Å². The topological polar surface area (TPSA) is 64.0 Å². The highest BCUT2D eigenvalue weighted by molar-refractivity contribution is 7.89. The molecule has 0 unspecified atom stereocenters. The molecule has 5 nitrogen and oxygen atoms in total. The van der Waals surface area contributed by atoms with Crippen LogP contribution in [0.15, 0.2) is 11.4 Å². The first-order chi connectivity index (χ1) is 9.00. The number of hydrogen-bond acceptors (Lipinski definition) is 3. The molecule has 1 aliphatic rings. The molecule has 0 amide bonds. The number of nitrogens with one attached hydrogen (secondary N) is 1. The number of aromatic nitrogens is 2. The summed E-state index contributed by atoms with van der Waals surface area (Å²) in [6, 6.07) is 0. The molecule has 0 bridgehead atoms. The fraction of sp³-hybridized carbons (Fsp3) is 0.750. The van der Waals surface area contributed by atoms with Crippen LogP contribution in [0.5, 0.6) is 0 Å². The molecule has 0 aliphatic heterocycles. The Morgan fingerprint density at radius 3 is 2.68 bits per heavy atom. The van der Waals surface area contributed by atoms with Crippen molar-refractivity contribution in [1.82, 2.24) is 14.3 Å². The normalized spacial score (nSPS) is 17.8. The van der Waals surface area contributed by atoms with Crippen molar-refractivity contribution in [1.29, 1.82) is 0 Å². The third kappa shape index (κ3) is 3.70. The lowest BCUT2D eigenvalue weighted by molar-refractivity contribution is 0.339. The van der Waals surface area contributed by atoms with Gasteiger partial charge in [0.05, 0.1) is 6.33 Å². The monoisotopic (exact) mass is 305 g/mol. The molecule has 1 aromatic heterocycles. The minimum Gasteiger partial charge on any atom is -0.324 e. The standard InChI is InChI=1S/C12H20ClN3O2S/c1-16-9-14-12(11(16)13)19(17,18)15-8-7-10-5-3-2-4-6-10/h9-10,15H,2-8H2,1H3. The Labute approximate surface area is 119 Å². The second kappa shape index (κ2) is 6.24. The van der Waals surface area contributed by atoms with Gasteiger partial charge in [-0.1, -0.05) is 43.7 Å². The summed E-state index contributed by atoms with van der Waals surface area (Å²) in [5, 5.41) is 0.0606. The van der Waals surface area contributed by atoms with Gasteiger partial charge in [0.2, 0.25) is 5.03 Å². The number of aryl methyl sites for hydroxylation is 1. The molecular formula is C12H20ClN3O2S. The molecule has 1 aromatic rings. The number of nitrogens with zero attached hydrogens (tertiary/aromatic N) is 2. The van der Waals surface area contributed by atoms with E-state index in [4.69, 9.17) is 11.6 Å². The number of rotatable bonds is 5. The fourth-order valence-corrected chi connectivity index (χ4v) is 3.99. The number of imidazole rings is 1. The molecule has 19 heavy (non-hydrogen) atoms. The molecule has 108 valence electrons. The Hall–Kier alpha value is -0.590. The molecule has 2 rings (SSSR count). The summed E-state index contributed by atoms with van der Waals surface area (Å²) in [4.78, 5) is 3.83. The largest absolute Gasteiger partial charge is 0.324 e. The quantitative estimate of drug-likeness (QED) is 0.908. The molecule has 1 N–H and O–H groups in total. The van der Waals surface area contributed by atoms with E-state index >= 15 is 0 Å². The molecule has 1 saturated carbocycles. The maximum Gasteiger partial charge on any atom is 0.261 e. The zero-order chi connectivity index (χ0) is 13.9. The van der Waals surface area contributed by atoms with Gasteiger partial charge >= 0.3 is 0 Å². The van der Waals surface area contributed by atoms with Crippen molar-refractivity contribution < 1.29 is 8.42 Å². The first-order valence-corrected chi connectivity index (χ1v) is 8.53. The summed E-state index contributed by atoms with van der Waals surface area (Å²) in [6.45, 7) is 0.458. The first kappa shape index (κ1) is 14.8. The Kier molecular flexibility index (Phi) is 4.86. The molecule has 1 fully saturated rings. The van der Waals surface area contributed by atoms with Crippen LogP contribution in [0.1, 0.15) is 38.5 Å². The minimum absolute atomic E-state index is 0.0830. The average Bonchev–Trinajstić information content (AvgIpc) is 2.72. The van der Waals surface area contributed by atoms with E-state index in [1.54, 1.807) is 7.05 Å². The molecule has 7 heteroatoms. The van der Waals surface area contributed by atoms with Gasteiger partial charge in [-0.25, -0.2) is 18.1 Å². The summed E-state index contributed by atoms with van der Waals surface area (Å²) >= 11 is 5.90. The molecule has 1 aliphatic carbocycles. The Morgan fingerprint density at radius 2 is 2.11 bits per heavy atom. The van der Waals surface area contributed by atoms with Gasteiger partial charge in [0, 0.05) is 13.6 Å². The van der Waals surface area contributed by atoms with Gasteiger partial charge in [-0.05, 0) is 12.3 Å². The van der Waals surface area contributed by atoms with Crippen molar-refractivity contribution in [3.05, 3.63) is 11.5 Å². The van der Waals surface area contributed by atoms with E-state index in [-0.39, 0.29) is 10.2 Å². The lowest BCUT2D eigenvalue weighted by atomic mass is 9.87. The van der Waals surface area contributed by atoms with Crippen LogP contribution in [0.3, 0.4) is 0 Å². The third-order valence-electron chi connectivity index (χ3n) is 3.66. The molecule has 1 heterocycles. The maximum atomic E-state index is 12.0. The van der Waals surface area contributed by atoms with E-state index in [1.165, 1.54) is 43.0 Å². The van der Waals surface area contributed by atoms with Gasteiger partial charge in [-0.3, -0.25) is 0 Å². The Morgan fingerprint density at radius 1 is 1.42 bits per heavy atom. The van der Waals surface area contributed by atoms with Gasteiger partial charge in [-0.2, -0.15) is 0 Å². The highest BCUT2D eigenvalue weighted by Gasteiger charge is 2.22. The van der Waals surface area contributed by atoms with E-state index in [0.717, 1.165) is 6.42 Å². The van der Waals surface area contributed by atoms with Crippen molar-refractivity contribution in [3.63, 3.8) is 0 Å². The Bertz CT molecular complexity index is 521. The van der Waals surface area contributed by atoms with Crippen LogP contribution >= 0.6 is 11.6 Å². The van der Waals surface area contributed by atoms with E-state index in [1.807, 2.05) is 0 Å². The second-order valence-corrected chi connectivity index (χ2v) is 7.18. The summed E-state index contributed by atoms with van der Waals surface area (Å²) in [5.41, 5.74) is 0. The van der Waals surface area contributed by atoms with Gasteiger partial charge < -0.3 is 4.57 Å². The molecule has 0 saturated heterocycles. The number of hydrogen-bond donors (Lipinski definition) is 1. The van der Waals surface area contributed by atoms with Gasteiger partial charge in [-0.15, -0.1) is 0 Å². The van der Waals surface area contributed by atoms with Gasteiger partial charge in [0.15, 0.2) is 0 Å². The highest BCUT2D eigenvalue weighted by Crippen LogP contribution is 2.26. The van der Waals surface area contributed by atoms with Crippen LogP contribution in [-0.4, -0.2) is 24.5 Å². The summed E-state index contributed by atoms with van der Waals surface area (Å²) in [6.07, 6.45) is 8.57. The second-order valence-electron chi connectivity index (χ2n) is 5.14. The molecule has 0 radical (unpaired) electrons. The van der Waals surface area contributed by atoms with Crippen LogP contribution < -0.4 is 4.72 Å². The minimum atomic E-state index is -3.58. The zero-order valence-electron chi connectivity index (χ0n) is 11.1. The van der Waals surface area contributed by atoms with Crippen LogP contribution in [0.25, 0.3) is 0 Å². The van der Waals surface area contributed by atoms with Crippen molar-refractivity contribution in [2.75, 3.05) is 6.54 Å². The van der Waals surface area contributed by atoms with E-state index in [0.29, 0.717) is 12.5 Å². The van der Waals surface area contributed by atoms with Crippen molar-refractivity contribution in [3.8, 4) is 0 Å². The maximum absolute atomic E-state index is 12.0. The van der Waals surface area contributed by atoms with Gasteiger partial charge in [0.1, 0.15) is 5.15 Å². The third-order valence-corrected chi connectivity index (χ3v) is 5.61. The van der Waals surface area contributed by atoms with Crippen molar-refractivity contribution >= 4 is 21.6 Å². The smallest absolute Gasteiger partial charge is 0.261 e. The molecule has 0 spiro atoms. The average molecular weight is 306 g/mol. The number of sulfonamides is 1. The SMILES string of the molecule is Cn1cnc(S(=O)(=O)NCCC2CCCCC2)c1Cl. The van der Waals surface area contributed by atoms with Crippen molar-refractivity contribution in [2.24, 2.45) is 13.0 Å². The predicted octanol–water partition coefficient (Wildman–Crippen LogP) is 2.32. The summed E-state index contributed by atoms with van der Waals surface area (Å²) < 4.78 is 28.1. The predicted molar refractivity (Wildman–Crippen MR) is 74.6 cm³/mol.